The lowest BCUT2D eigenvalue weighted by atomic mass is 10.1. The minimum atomic E-state index is -0.779. The highest BCUT2D eigenvalue weighted by Crippen LogP contribution is 2.24. The molecule has 0 bridgehead atoms. The topological polar surface area (TPSA) is 20.2 Å². The third kappa shape index (κ3) is 1.98. The van der Waals surface area contributed by atoms with E-state index in [2.05, 4.69) is 0 Å². The van der Waals surface area contributed by atoms with Crippen LogP contribution in [0.4, 0.5) is 8.78 Å². The quantitative estimate of drug-likeness (QED) is 0.737. The van der Waals surface area contributed by atoms with Crippen molar-refractivity contribution in [3.05, 3.63) is 33.9 Å². The zero-order chi connectivity index (χ0) is 10.0. The van der Waals surface area contributed by atoms with Gasteiger partial charge in [0.2, 0.25) is 0 Å². The highest BCUT2D eigenvalue weighted by atomic mass is 35.5. The number of hydrogen-bond donors (Lipinski definition) is 1. The molecule has 0 aliphatic rings. The predicted octanol–water partition coefficient (Wildman–Crippen LogP) is 2.46. The maximum atomic E-state index is 13.2. The van der Waals surface area contributed by atoms with Gasteiger partial charge in [0.05, 0.1) is 5.02 Å². The lowest BCUT2D eigenvalue weighted by Crippen LogP contribution is -2.02. The Morgan fingerprint density at radius 1 is 1.38 bits per heavy atom. The summed E-state index contributed by atoms with van der Waals surface area (Å²) in [7, 11) is 0. The molecular formula is C9H9ClF2O. The van der Waals surface area contributed by atoms with E-state index in [0.29, 0.717) is 0 Å². The molecule has 0 amide bonds. The molecule has 13 heavy (non-hydrogen) atoms. The third-order valence-electron chi connectivity index (χ3n) is 1.79. The molecule has 0 unspecified atom stereocenters. The SMILES string of the molecule is Cc1cc(Cl)c(F)c(CCO)c1F. The highest BCUT2D eigenvalue weighted by Gasteiger charge is 2.14. The second-order valence-corrected chi connectivity index (χ2v) is 3.16. The lowest BCUT2D eigenvalue weighted by Gasteiger charge is -2.07. The first-order chi connectivity index (χ1) is 6.07. The van der Waals surface area contributed by atoms with Gasteiger partial charge in [0.15, 0.2) is 0 Å². The van der Waals surface area contributed by atoms with E-state index < -0.39 is 11.6 Å². The summed E-state index contributed by atoms with van der Waals surface area (Å²) < 4.78 is 26.4. The first-order valence-corrected chi connectivity index (χ1v) is 4.19. The van der Waals surface area contributed by atoms with Crippen molar-refractivity contribution in [3.63, 3.8) is 0 Å². The molecule has 0 heterocycles. The van der Waals surface area contributed by atoms with Crippen LogP contribution in [0, 0.1) is 18.6 Å². The Kier molecular flexibility index (Phi) is 3.22. The smallest absolute Gasteiger partial charge is 0.147 e. The van der Waals surface area contributed by atoms with Crippen molar-refractivity contribution in [1.82, 2.24) is 0 Å². The molecule has 1 nitrogen and oxygen atoms in total. The van der Waals surface area contributed by atoms with Gasteiger partial charge in [-0.15, -0.1) is 0 Å². The van der Waals surface area contributed by atoms with Crippen LogP contribution < -0.4 is 0 Å². The van der Waals surface area contributed by atoms with Gasteiger partial charge >= 0.3 is 0 Å². The number of aryl methyl sites for hydroxylation is 1. The van der Waals surface area contributed by atoms with Crippen molar-refractivity contribution in [2.24, 2.45) is 0 Å². The summed E-state index contributed by atoms with van der Waals surface area (Å²) in [4.78, 5) is 0. The van der Waals surface area contributed by atoms with Gasteiger partial charge in [-0.1, -0.05) is 11.6 Å². The summed E-state index contributed by atoms with van der Waals surface area (Å²) in [5.74, 6) is -1.41. The average Bonchev–Trinajstić information content (AvgIpc) is 2.09. The van der Waals surface area contributed by atoms with Crippen molar-refractivity contribution >= 4 is 11.6 Å². The molecule has 0 spiro atoms. The molecule has 72 valence electrons. The molecule has 0 aromatic heterocycles. The van der Waals surface area contributed by atoms with E-state index >= 15 is 0 Å². The highest BCUT2D eigenvalue weighted by molar-refractivity contribution is 6.30. The van der Waals surface area contributed by atoms with Crippen LogP contribution in [0.5, 0.6) is 0 Å². The molecule has 1 N–H and O–H groups in total. The van der Waals surface area contributed by atoms with Crippen molar-refractivity contribution in [2.75, 3.05) is 6.61 Å². The number of hydrogen-bond acceptors (Lipinski definition) is 1. The van der Waals surface area contributed by atoms with E-state index in [9.17, 15) is 8.78 Å². The molecule has 1 aromatic carbocycles. The van der Waals surface area contributed by atoms with Crippen LogP contribution in [-0.4, -0.2) is 11.7 Å². The summed E-state index contributed by atoms with van der Waals surface area (Å²) in [6, 6.07) is 1.23. The van der Waals surface area contributed by atoms with Crippen LogP contribution in [-0.2, 0) is 6.42 Å². The van der Waals surface area contributed by atoms with Gasteiger partial charge in [-0.2, -0.15) is 0 Å². The standard InChI is InChI=1S/C9H9ClF2O/c1-5-4-7(10)9(12)6(2-3-13)8(5)11/h4,13H,2-3H2,1H3. The maximum absolute atomic E-state index is 13.2. The van der Waals surface area contributed by atoms with Gasteiger partial charge in [0.1, 0.15) is 11.6 Å². The zero-order valence-corrected chi connectivity index (χ0v) is 7.83. The van der Waals surface area contributed by atoms with Crippen LogP contribution >= 0.6 is 11.6 Å². The van der Waals surface area contributed by atoms with Gasteiger partial charge in [-0.3, -0.25) is 0 Å². The summed E-state index contributed by atoms with van der Waals surface area (Å²) in [6.45, 7) is 1.20. The van der Waals surface area contributed by atoms with Crippen LogP contribution in [0.1, 0.15) is 11.1 Å². The molecule has 0 atom stereocenters. The first-order valence-electron chi connectivity index (χ1n) is 3.81. The molecule has 4 heteroatoms. The zero-order valence-electron chi connectivity index (χ0n) is 7.07. The van der Waals surface area contributed by atoms with Crippen molar-refractivity contribution in [2.45, 2.75) is 13.3 Å². The van der Waals surface area contributed by atoms with E-state index in [-0.39, 0.29) is 29.2 Å². The van der Waals surface area contributed by atoms with E-state index in [1.165, 1.54) is 13.0 Å². The summed E-state index contributed by atoms with van der Waals surface area (Å²) >= 11 is 5.50. The Hall–Kier alpha value is -0.670. The summed E-state index contributed by atoms with van der Waals surface area (Å²) in [6.07, 6.45) is -0.0565. The molecule has 0 saturated carbocycles. The Balaban J connectivity index is 3.28. The Morgan fingerprint density at radius 2 is 2.00 bits per heavy atom. The van der Waals surface area contributed by atoms with Gasteiger partial charge in [-0.05, 0) is 18.6 Å². The normalized spacial score (nSPS) is 10.5. The fourth-order valence-electron chi connectivity index (χ4n) is 1.13. The Morgan fingerprint density at radius 3 is 2.54 bits per heavy atom. The molecule has 0 fully saturated rings. The second-order valence-electron chi connectivity index (χ2n) is 2.76. The first kappa shape index (κ1) is 10.4. The molecule has 0 aliphatic heterocycles. The van der Waals surface area contributed by atoms with E-state index in [1.54, 1.807) is 0 Å². The largest absolute Gasteiger partial charge is 0.396 e. The predicted molar refractivity (Wildman–Crippen MR) is 46.9 cm³/mol. The Bertz CT molecular complexity index is 300. The van der Waals surface area contributed by atoms with Gasteiger partial charge in [0.25, 0.3) is 0 Å². The van der Waals surface area contributed by atoms with Crippen LogP contribution in [0.3, 0.4) is 0 Å². The van der Waals surface area contributed by atoms with Gasteiger partial charge in [-0.25, -0.2) is 8.78 Å². The van der Waals surface area contributed by atoms with Crippen LogP contribution in [0.15, 0.2) is 6.07 Å². The molecular weight excluding hydrogens is 198 g/mol. The Labute approximate surface area is 80.0 Å². The molecule has 0 aliphatic carbocycles. The van der Waals surface area contributed by atoms with E-state index in [0.717, 1.165) is 0 Å². The van der Waals surface area contributed by atoms with Gasteiger partial charge < -0.3 is 5.11 Å². The van der Waals surface area contributed by atoms with Crippen molar-refractivity contribution in [1.29, 1.82) is 0 Å². The molecule has 1 rings (SSSR count). The summed E-state index contributed by atoms with van der Waals surface area (Å²) in [5.41, 5.74) is 0.141. The fraction of sp³-hybridized carbons (Fsp3) is 0.333. The molecule has 0 radical (unpaired) electrons. The molecule has 1 aromatic rings. The minimum absolute atomic E-state index is 0.0565. The number of aliphatic hydroxyl groups excluding tert-OH is 1. The van der Waals surface area contributed by atoms with Crippen molar-refractivity contribution < 1.29 is 13.9 Å². The minimum Gasteiger partial charge on any atom is -0.396 e. The summed E-state index contributed by atoms with van der Waals surface area (Å²) in [5, 5.41) is 8.47. The van der Waals surface area contributed by atoms with Crippen LogP contribution in [0.25, 0.3) is 0 Å². The molecule has 0 saturated heterocycles. The van der Waals surface area contributed by atoms with E-state index in [1.807, 2.05) is 0 Å². The van der Waals surface area contributed by atoms with Crippen LogP contribution in [0.2, 0.25) is 5.02 Å². The number of aliphatic hydroxyl groups is 1. The number of benzene rings is 1. The third-order valence-corrected chi connectivity index (χ3v) is 2.07. The van der Waals surface area contributed by atoms with Gasteiger partial charge in [0, 0.05) is 18.6 Å². The maximum Gasteiger partial charge on any atom is 0.147 e. The van der Waals surface area contributed by atoms with E-state index in [4.69, 9.17) is 16.7 Å². The lowest BCUT2D eigenvalue weighted by molar-refractivity contribution is 0.295. The second kappa shape index (κ2) is 4.03. The number of rotatable bonds is 2. The fourth-order valence-corrected chi connectivity index (χ4v) is 1.40. The average molecular weight is 207 g/mol. The number of halogens is 3. The monoisotopic (exact) mass is 206 g/mol. The van der Waals surface area contributed by atoms with Crippen molar-refractivity contribution in [3.8, 4) is 0 Å².